The van der Waals surface area contributed by atoms with Crippen LogP contribution in [0.15, 0.2) is 0 Å². The van der Waals surface area contributed by atoms with Crippen LogP contribution in [-0.4, -0.2) is 49.6 Å². The van der Waals surface area contributed by atoms with E-state index in [1.54, 1.807) is 0 Å². The predicted molar refractivity (Wildman–Crippen MR) is 58.0 cm³/mol. The third kappa shape index (κ3) is 2.23. The first-order valence-corrected chi connectivity index (χ1v) is 5.65. The summed E-state index contributed by atoms with van der Waals surface area (Å²) in [4.78, 5) is 5.01. The van der Waals surface area contributed by atoms with E-state index in [4.69, 9.17) is 0 Å². The van der Waals surface area contributed by atoms with E-state index in [9.17, 15) is 0 Å². The molecule has 2 rings (SSSR count). The van der Waals surface area contributed by atoms with Crippen LogP contribution in [0.5, 0.6) is 0 Å². The highest BCUT2D eigenvalue weighted by molar-refractivity contribution is 4.99. The molecule has 0 amide bonds. The minimum absolute atomic E-state index is 0.713. The Kier molecular flexibility index (Phi) is 3.74. The first kappa shape index (κ1) is 11.0. The monoisotopic (exact) mass is 184 g/mol. The van der Waals surface area contributed by atoms with Crippen molar-refractivity contribution in [3.63, 3.8) is 0 Å². The average molecular weight is 184 g/mol. The van der Waals surface area contributed by atoms with E-state index in [0.29, 0.717) is 5.41 Å². The van der Waals surface area contributed by atoms with Gasteiger partial charge in [0.15, 0.2) is 0 Å². The predicted octanol–water partition coefficient (Wildman–Crippen LogP) is 1.67. The van der Waals surface area contributed by atoms with Crippen molar-refractivity contribution in [2.75, 3.05) is 39.8 Å². The smallest absolute Gasteiger partial charge is 0.00966 e. The van der Waals surface area contributed by atoms with Gasteiger partial charge in [-0.2, -0.15) is 0 Å². The van der Waals surface area contributed by atoms with E-state index < -0.39 is 0 Å². The molecule has 78 valence electrons. The molecule has 0 bridgehead atoms. The van der Waals surface area contributed by atoms with Crippen molar-refractivity contribution in [3.05, 3.63) is 0 Å². The van der Waals surface area contributed by atoms with Crippen LogP contribution in [-0.2, 0) is 0 Å². The topological polar surface area (TPSA) is 6.48 Å². The fourth-order valence-corrected chi connectivity index (χ4v) is 2.65. The summed E-state index contributed by atoms with van der Waals surface area (Å²) < 4.78 is 0. The molecule has 2 heterocycles. The Hall–Kier alpha value is -0.0800. The molecule has 0 aromatic rings. The minimum Gasteiger partial charge on any atom is -0.305 e. The number of hydrogen-bond acceptors (Lipinski definition) is 2. The number of nitrogens with zero attached hydrogens (tertiary/aromatic N) is 2. The Balaban J connectivity index is 0.000000396. The minimum atomic E-state index is 0.713. The highest BCUT2D eigenvalue weighted by Gasteiger charge is 2.45. The van der Waals surface area contributed by atoms with E-state index in [0.717, 1.165) is 0 Å². The van der Waals surface area contributed by atoms with E-state index in [1.165, 1.54) is 39.1 Å². The first-order valence-electron chi connectivity index (χ1n) is 5.65. The molecule has 0 aromatic carbocycles. The lowest BCUT2D eigenvalue weighted by atomic mass is 9.79. The summed E-state index contributed by atoms with van der Waals surface area (Å²) in [5.41, 5.74) is 0.713. The van der Waals surface area contributed by atoms with Crippen LogP contribution in [0.2, 0.25) is 0 Å². The summed E-state index contributed by atoms with van der Waals surface area (Å²) in [6.07, 6.45) is 1.44. The van der Waals surface area contributed by atoms with Gasteiger partial charge < -0.3 is 9.80 Å². The van der Waals surface area contributed by atoms with E-state index >= 15 is 0 Å². The molecule has 13 heavy (non-hydrogen) atoms. The summed E-state index contributed by atoms with van der Waals surface area (Å²) in [6.45, 7) is 12.9. The second kappa shape index (κ2) is 4.43. The Labute approximate surface area is 82.9 Å². The van der Waals surface area contributed by atoms with Gasteiger partial charge in [0.25, 0.3) is 0 Å². The standard InChI is InChI=1S/C9H18N2.C2H6/c1-3-11-5-4-9(8-11)6-10(2)7-9;1-2/h3-8H2,1-2H3;1-2H3. The molecule has 0 atom stereocenters. The summed E-state index contributed by atoms with van der Waals surface area (Å²) in [5, 5.41) is 0. The van der Waals surface area contributed by atoms with Gasteiger partial charge >= 0.3 is 0 Å². The van der Waals surface area contributed by atoms with Crippen molar-refractivity contribution in [1.82, 2.24) is 9.80 Å². The summed E-state index contributed by atoms with van der Waals surface area (Å²) in [5.74, 6) is 0. The number of hydrogen-bond donors (Lipinski definition) is 0. The van der Waals surface area contributed by atoms with E-state index in [1.807, 2.05) is 13.8 Å². The van der Waals surface area contributed by atoms with Crippen molar-refractivity contribution in [3.8, 4) is 0 Å². The third-order valence-electron chi connectivity index (χ3n) is 3.18. The quantitative estimate of drug-likeness (QED) is 0.611. The van der Waals surface area contributed by atoms with E-state index in [2.05, 4.69) is 23.8 Å². The zero-order valence-electron chi connectivity index (χ0n) is 9.64. The van der Waals surface area contributed by atoms with E-state index in [-0.39, 0.29) is 0 Å². The Bertz CT molecular complexity index is 150. The molecule has 0 aliphatic carbocycles. The van der Waals surface area contributed by atoms with Crippen molar-refractivity contribution in [1.29, 1.82) is 0 Å². The second-order valence-electron chi connectivity index (χ2n) is 4.29. The first-order chi connectivity index (χ1) is 6.24. The summed E-state index contributed by atoms with van der Waals surface area (Å²) in [7, 11) is 2.22. The fraction of sp³-hybridized carbons (Fsp3) is 1.00. The Morgan fingerprint density at radius 3 is 2.15 bits per heavy atom. The van der Waals surface area contributed by atoms with Gasteiger partial charge in [-0.1, -0.05) is 20.8 Å². The summed E-state index contributed by atoms with van der Waals surface area (Å²) in [6, 6.07) is 0. The lowest BCUT2D eigenvalue weighted by Gasteiger charge is -2.46. The molecular formula is C11H24N2. The molecule has 0 N–H and O–H groups in total. The number of likely N-dealkylation sites (tertiary alicyclic amines) is 2. The van der Waals surface area contributed by atoms with Crippen LogP contribution in [0, 0.1) is 5.41 Å². The molecule has 0 saturated carbocycles. The molecule has 2 nitrogen and oxygen atoms in total. The van der Waals surface area contributed by atoms with Gasteiger partial charge in [0.1, 0.15) is 0 Å². The van der Waals surface area contributed by atoms with Gasteiger partial charge in [-0.05, 0) is 26.6 Å². The molecule has 0 radical (unpaired) electrons. The molecule has 0 unspecified atom stereocenters. The highest BCUT2D eigenvalue weighted by Crippen LogP contribution is 2.38. The maximum atomic E-state index is 2.58. The van der Waals surface area contributed by atoms with Crippen LogP contribution < -0.4 is 0 Å². The molecule has 2 heteroatoms. The van der Waals surface area contributed by atoms with Crippen molar-refractivity contribution < 1.29 is 0 Å². The maximum absolute atomic E-state index is 2.58. The fourth-order valence-electron chi connectivity index (χ4n) is 2.65. The van der Waals surface area contributed by atoms with Gasteiger partial charge in [0.05, 0.1) is 0 Å². The lowest BCUT2D eigenvalue weighted by Crippen LogP contribution is -2.55. The average Bonchev–Trinajstić information content (AvgIpc) is 2.52. The zero-order valence-corrected chi connectivity index (χ0v) is 9.64. The van der Waals surface area contributed by atoms with Gasteiger partial charge in [-0.15, -0.1) is 0 Å². The zero-order chi connectivity index (χ0) is 9.90. The Morgan fingerprint density at radius 2 is 1.77 bits per heavy atom. The van der Waals surface area contributed by atoms with Crippen LogP contribution >= 0.6 is 0 Å². The molecule has 1 spiro atoms. The summed E-state index contributed by atoms with van der Waals surface area (Å²) >= 11 is 0. The van der Waals surface area contributed by atoms with Gasteiger partial charge in [0.2, 0.25) is 0 Å². The molecule has 2 aliphatic heterocycles. The van der Waals surface area contributed by atoms with Gasteiger partial charge in [-0.25, -0.2) is 0 Å². The van der Waals surface area contributed by atoms with Crippen LogP contribution in [0.3, 0.4) is 0 Å². The van der Waals surface area contributed by atoms with Crippen LogP contribution in [0.4, 0.5) is 0 Å². The van der Waals surface area contributed by atoms with Crippen LogP contribution in [0.1, 0.15) is 27.2 Å². The third-order valence-corrected chi connectivity index (χ3v) is 3.18. The van der Waals surface area contributed by atoms with Crippen molar-refractivity contribution >= 4 is 0 Å². The molecule has 2 fully saturated rings. The lowest BCUT2D eigenvalue weighted by molar-refractivity contribution is 0.0313. The second-order valence-corrected chi connectivity index (χ2v) is 4.29. The normalized spacial score (nSPS) is 26.8. The van der Waals surface area contributed by atoms with Gasteiger partial charge in [0, 0.05) is 25.0 Å². The van der Waals surface area contributed by atoms with Gasteiger partial charge in [-0.3, -0.25) is 0 Å². The molecule has 2 aliphatic rings. The van der Waals surface area contributed by atoms with Crippen molar-refractivity contribution in [2.24, 2.45) is 5.41 Å². The number of rotatable bonds is 1. The molecular weight excluding hydrogens is 160 g/mol. The molecule has 2 saturated heterocycles. The Morgan fingerprint density at radius 1 is 1.15 bits per heavy atom. The SMILES string of the molecule is CC.CCN1CCC2(CN(C)C2)C1. The molecule has 0 aromatic heterocycles. The highest BCUT2D eigenvalue weighted by atomic mass is 15.2. The van der Waals surface area contributed by atoms with Crippen molar-refractivity contribution in [2.45, 2.75) is 27.2 Å². The van der Waals surface area contributed by atoms with Crippen LogP contribution in [0.25, 0.3) is 0 Å². The maximum Gasteiger partial charge on any atom is 0.00966 e. The largest absolute Gasteiger partial charge is 0.305 e.